The molecule has 0 saturated carbocycles. The van der Waals surface area contributed by atoms with E-state index in [1.54, 1.807) is 0 Å². The third kappa shape index (κ3) is 5.07. The Labute approximate surface area is 146 Å². The molecule has 0 aliphatic rings. The molecule has 118 valence electrons. The van der Waals surface area contributed by atoms with E-state index >= 15 is 0 Å². The van der Waals surface area contributed by atoms with Crippen molar-refractivity contribution < 1.29 is 0 Å². The van der Waals surface area contributed by atoms with Gasteiger partial charge in [0.25, 0.3) is 0 Å². The van der Waals surface area contributed by atoms with Crippen LogP contribution >= 0.6 is 6.04 Å². The van der Waals surface area contributed by atoms with Gasteiger partial charge in [-0.3, -0.25) is 0 Å². The van der Waals surface area contributed by atoms with Gasteiger partial charge in [-0.2, -0.15) is 0 Å². The van der Waals surface area contributed by atoms with Gasteiger partial charge < -0.3 is 0 Å². The van der Waals surface area contributed by atoms with Crippen molar-refractivity contribution in [1.29, 1.82) is 0 Å². The molecule has 0 spiro atoms. The zero-order valence-corrected chi connectivity index (χ0v) is 16.7. The van der Waals surface area contributed by atoms with Gasteiger partial charge in [0, 0.05) is 0 Å². The monoisotopic (exact) mass is 396 g/mol. The van der Waals surface area contributed by atoms with E-state index in [4.69, 9.17) is 11.8 Å². The Balaban J connectivity index is 2.09. The van der Waals surface area contributed by atoms with Crippen molar-refractivity contribution in [3.8, 4) is 0 Å². The van der Waals surface area contributed by atoms with E-state index in [2.05, 4.69) is 67.6 Å². The molecule has 2 aromatic carbocycles. The summed E-state index contributed by atoms with van der Waals surface area (Å²) in [6.45, 7) is 2.28. The van der Waals surface area contributed by atoms with E-state index in [9.17, 15) is 0 Å². The maximum absolute atomic E-state index is 6.26. The summed E-state index contributed by atoms with van der Waals surface area (Å²) in [6, 6.07) is 20.0. The quantitative estimate of drug-likeness (QED) is 0.332. The second-order valence-corrected chi connectivity index (χ2v) is 12.9. The number of rotatable bonds is 9. The molecule has 0 heterocycles. The van der Waals surface area contributed by atoms with Gasteiger partial charge in [0.2, 0.25) is 0 Å². The van der Waals surface area contributed by atoms with Crippen LogP contribution in [-0.4, -0.2) is 21.1 Å². The van der Waals surface area contributed by atoms with Gasteiger partial charge in [-0.1, -0.05) is 0 Å². The SMILES string of the molecule is CCCCC[Se]CCP(=S)(c1ccccc1)c1ccccc1. The van der Waals surface area contributed by atoms with E-state index in [-0.39, 0.29) is 0 Å². The number of hydrogen-bond acceptors (Lipinski definition) is 1. The van der Waals surface area contributed by atoms with Gasteiger partial charge in [-0.05, 0) is 0 Å². The minimum atomic E-state index is -1.63. The fourth-order valence-corrected chi connectivity index (χ4v) is 10.6. The first-order valence-corrected chi connectivity index (χ1v) is 13.5. The van der Waals surface area contributed by atoms with Crippen LogP contribution in [0.15, 0.2) is 60.7 Å². The van der Waals surface area contributed by atoms with Gasteiger partial charge in [0.05, 0.1) is 0 Å². The first kappa shape index (κ1) is 18.0. The topological polar surface area (TPSA) is 0 Å². The summed E-state index contributed by atoms with van der Waals surface area (Å²) in [7, 11) is 0. The predicted octanol–water partition coefficient (Wildman–Crippen LogP) is 4.85. The molecule has 2 rings (SSSR count). The zero-order valence-electron chi connectivity index (χ0n) is 13.3. The Morgan fingerprint density at radius 1 is 0.818 bits per heavy atom. The second kappa shape index (κ2) is 9.68. The van der Waals surface area contributed by atoms with E-state index in [1.807, 2.05) is 0 Å². The predicted molar refractivity (Wildman–Crippen MR) is 106 cm³/mol. The molecule has 0 nitrogen and oxygen atoms in total. The van der Waals surface area contributed by atoms with Crippen LogP contribution in [0.2, 0.25) is 10.6 Å². The van der Waals surface area contributed by atoms with Crippen LogP contribution in [-0.2, 0) is 11.8 Å². The van der Waals surface area contributed by atoms with Crippen molar-refractivity contribution in [2.24, 2.45) is 0 Å². The van der Waals surface area contributed by atoms with Crippen molar-refractivity contribution >= 4 is 43.4 Å². The molecular formula is C19H25PSSe. The Kier molecular flexibility index (Phi) is 7.90. The standard InChI is InChI=1S/C19H25PSSe/c1-2-3-10-16-22-17-15-20(21,18-11-6-4-7-12-18)19-13-8-5-9-14-19/h4-9,11-14H,2-3,10,15-17H2,1H3. The molecule has 0 aromatic heterocycles. The summed E-state index contributed by atoms with van der Waals surface area (Å²) in [5.74, 6) is 0. The molecule has 0 N–H and O–H groups in total. The minimum absolute atomic E-state index is 0.753. The van der Waals surface area contributed by atoms with Crippen molar-refractivity contribution in [3.63, 3.8) is 0 Å². The Morgan fingerprint density at radius 2 is 1.36 bits per heavy atom. The molecule has 0 aliphatic heterocycles. The number of unbranched alkanes of at least 4 members (excludes halogenated alkanes) is 2. The van der Waals surface area contributed by atoms with Gasteiger partial charge in [0.15, 0.2) is 0 Å². The zero-order chi connectivity index (χ0) is 15.7. The maximum atomic E-state index is 6.26. The Hall–Kier alpha value is -0.391. The van der Waals surface area contributed by atoms with Gasteiger partial charge in [0.1, 0.15) is 0 Å². The van der Waals surface area contributed by atoms with Crippen LogP contribution < -0.4 is 10.6 Å². The van der Waals surface area contributed by atoms with Crippen LogP contribution in [0.1, 0.15) is 26.2 Å². The molecule has 0 unspecified atom stereocenters. The summed E-state index contributed by atoms with van der Waals surface area (Å²) in [5, 5.41) is 5.48. The molecule has 0 saturated heterocycles. The van der Waals surface area contributed by atoms with E-state index in [0.717, 1.165) is 15.0 Å². The summed E-state index contributed by atoms with van der Waals surface area (Å²) in [5.41, 5.74) is 0. The average Bonchev–Trinajstić information content (AvgIpc) is 2.59. The van der Waals surface area contributed by atoms with Crippen LogP contribution in [0.25, 0.3) is 0 Å². The Bertz CT molecular complexity index is 539. The summed E-state index contributed by atoms with van der Waals surface area (Å²) in [6.07, 6.45) is 5.29. The molecule has 0 bridgehead atoms. The van der Waals surface area contributed by atoms with Gasteiger partial charge in [-0.25, -0.2) is 0 Å². The van der Waals surface area contributed by atoms with Crippen molar-refractivity contribution in [2.75, 3.05) is 6.16 Å². The molecule has 0 aliphatic carbocycles. The fraction of sp³-hybridized carbons (Fsp3) is 0.368. The van der Waals surface area contributed by atoms with Crippen molar-refractivity contribution in [3.05, 3.63) is 60.7 Å². The van der Waals surface area contributed by atoms with Crippen LogP contribution in [0.3, 0.4) is 0 Å². The molecule has 0 radical (unpaired) electrons. The van der Waals surface area contributed by atoms with E-state index in [1.165, 1.54) is 46.7 Å². The fourth-order valence-electron chi connectivity index (χ4n) is 2.49. The van der Waals surface area contributed by atoms with Crippen LogP contribution in [0.5, 0.6) is 0 Å². The van der Waals surface area contributed by atoms with Crippen molar-refractivity contribution in [1.82, 2.24) is 0 Å². The molecule has 0 amide bonds. The van der Waals surface area contributed by atoms with Gasteiger partial charge in [-0.15, -0.1) is 0 Å². The Morgan fingerprint density at radius 3 is 1.86 bits per heavy atom. The van der Waals surface area contributed by atoms with Crippen LogP contribution in [0.4, 0.5) is 0 Å². The number of benzene rings is 2. The first-order valence-electron chi connectivity index (χ1n) is 8.05. The third-order valence-electron chi connectivity index (χ3n) is 3.79. The second-order valence-electron chi connectivity index (χ2n) is 5.45. The molecule has 22 heavy (non-hydrogen) atoms. The third-order valence-corrected chi connectivity index (χ3v) is 11.6. The van der Waals surface area contributed by atoms with Gasteiger partial charge >= 0.3 is 147 Å². The molecule has 2 aromatic rings. The molecule has 0 atom stereocenters. The van der Waals surface area contributed by atoms with Crippen molar-refractivity contribution in [2.45, 2.75) is 36.8 Å². The van der Waals surface area contributed by atoms with Crippen LogP contribution in [0, 0.1) is 0 Å². The molecule has 3 heteroatoms. The number of hydrogen-bond donors (Lipinski definition) is 0. The summed E-state index contributed by atoms with van der Waals surface area (Å²) < 4.78 is 0. The molecular weight excluding hydrogens is 370 g/mol. The summed E-state index contributed by atoms with van der Waals surface area (Å²) >= 11 is 7.01. The van der Waals surface area contributed by atoms with E-state index < -0.39 is 6.04 Å². The summed E-state index contributed by atoms with van der Waals surface area (Å²) in [4.78, 5) is 0. The average molecular weight is 395 g/mol. The normalized spacial score (nSPS) is 11.5. The molecule has 0 fully saturated rings. The first-order chi connectivity index (χ1) is 10.8. The van der Waals surface area contributed by atoms with E-state index in [0.29, 0.717) is 0 Å².